The molecule has 0 saturated heterocycles. The number of hydrogen-bond acceptors (Lipinski definition) is 3. The van der Waals surface area contributed by atoms with Crippen molar-refractivity contribution in [3.05, 3.63) is 29.8 Å². The van der Waals surface area contributed by atoms with Crippen molar-refractivity contribution in [1.82, 2.24) is 0 Å². The van der Waals surface area contributed by atoms with Gasteiger partial charge in [0.05, 0.1) is 18.8 Å². The molecule has 0 bridgehead atoms. The lowest BCUT2D eigenvalue weighted by Crippen LogP contribution is -2.45. The Balaban J connectivity index is 2.07. The summed E-state index contributed by atoms with van der Waals surface area (Å²) < 4.78 is 10.6. The van der Waals surface area contributed by atoms with Crippen LogP contribution in [0.15, 0.2) is 24.3 Å². The van der Waals surface area contributed by atoms with E-state index in [-0.39, 0.29) is 6.10 Å². The number of aliphatic hydroxyl groups is 1. The van der Waals surface area contributed by atoms with Crippen molar-refractivity contribution in [3.8, 4) is 5.75 Å². The van der Waals surface area contributed by atoms with Crippen molar-refractivity contribution in [2.75, 3.05) is 13.7 Å². The molecule has 0 amide bonds. The van der Waals surface area contributed by atoms with E-state index in [4.69, 9.17) is 9.47 Å². The predicted molar refractivity (Wildman–Crippen MR) is 61.5 cm³/mol. The maximum absolute atomic E-state index is 10.4. The molecule has 1 N–H and O–H groups in total. The third kappa shape index (κ3) is 2.06. The van der Waals surface area contributed by atoms with E-state index in [1.807, 2.05) is 31.2 Å². The van der Waals surface area contributed by atoms with Gasteiger partial charge in [-0.25, -0.2) is 0 Å². The Morgan fingerprint density at radius 3 is 2.81 bits per heavy atom. The Morgan fingerprint density at radius 2 is 2.19 bits per heavy atom. The van der Waals surface area contributed by atoms with E-state index in [1.165, 1.54) is 0 Å². The van der Waals surface area contributed by atoms with Crippen LogP contribution in [0.3, 0.4) is 0 Å². The van der Waals surface area contributed by atoms with Crippen molar-refractivity contribution in [2.24, 2.45) is 0 Å². The van der Waals surface area contributed by atoms with Gasteiger partial charge < -0.3 is 14.6 Å². The van der Waals surface area contributed by atoms with Crippen molar-refractivity contribution in [1.29, 1.82) is 0 Å². The summed E-state index contributed by atoms with van der Waals surface area (Å²) in [6.07, 6.45) is 1.54. The van der Waals surface area contributed by atoms with Gasteiger partial charge in [0.2, 0.25) is 0 Å². The fourth-order valence-corrected chi connectivity index (χ4v) is 2.20. The molecule has 88 valence electrons. The highest BCUT2D eigenvalue weighted by atomic mass is 16.5. The molecule has 0 spiro atoms. The zero-order valence-electron chi connectivity index (χ0n) is 9.77. The van der Waals surface area contributed by atoms with Crippen LogP contribution < -0.4 is 4.74 Å². The van der Waals surface area contributed by atoms with Crippen LogP contribution >= 0.6 is 0 Å². The van der Waals surface area contributed by atoms with Crippen LogP contribution in [-0.2, 0) is 10.3 Å². The number of rotatable bonds is 4. The van der Waals surface area contributed by atoms with Crippen LogP contribution in [0.5, 0.6) is 5.75 Å². The van der Waals surface area contributed by atoms with E-state index < -0.39 is 5.60 Å². The highest BCUT2D eigenvalue weighted by Crippen LogP contribution is 2.43. The fourth-order valence-electron chi connectivity index (χ4n) is 2.20. The molecule has 1 aromatic rings. The van der Waals surface area contributed by atoms with E-state index >= 15 is 0 Å². The molecular formula is C13H18O3. The molecule has 1 aliphatic rings. The van der Waals surface area contributed by atoms with E-state index in [2.05, 4.69) is 0 Å². The van der Waals surface area contributed by atoms with Crippen molar-refractivity contribution in [2.45, 2.75) is 31.5 Å². The van der Waals surface area contributed by atoms with Crippen LogP contribution in [0.25, 0.3) is 0 Å². The molecule has 2 rings (SSSR count). The summed E-state index contributed by atoms with van der Waals surface area (Å²) in [5.41, 5.74) is 0.191. The van der Waals surface area contributed by atoms with Gasteiger partial charge in [0.1, 0.15) is 5.75 Å². The number of methoxy groups -OCH3 is 1. The van der Waals surface area contributed by atoms with Gasteiger partial charge in [0.15, 0.2) is 0 Å². The van der Waals surface area contributed by atoms with E-state index in [1.54, 1.807) is 7.11 Å². The lowest BCUT2D eigenvalue weighted by molar-refractivity contribution is -0.142. The minimum atomic E-state index is -0.728. The van der Waals surface area contributed by atoms with E-state index in [0.717, 1.165) is 11.3 Å². The highest BCUT2D eigenvalue weighted by Gasteiger charge is 2.44. The number of hydrogen-bond donors (Lipinski definition) is 1. The Hall–Kier alpha value is -1.06. The summed E-state index contributed by atoms with van der Waals surface area (Å²) in [6.45, 7) is 2.68. The average Bonchev–Trinajstić information content (AvgIpc) is 2.27. The molecule has 1 aliphatic carbocycles. The van der Waals surface area contributed by atoms with Gasteiger partial charge in [-0.05, 0) is 24.6 Å². The summed E-state index contributed by atoms with van der Waals surface area (Å²) in [5.74, 6) is 0.783. The average molecular weight is 222 g/mol. The molecule has 0 aromatic heterocycles. The Labute approximate surface area is 96.0 Å². The van der Waals surface area contributed by atoms with E-state index in [0.29, 0.717) is 19.4 Å². The quantitative estimate of drug-likeness (QED) is 0.847. The van der Waals surface area contributed by atoms with Crippen LogP contribution in [0, 0.1) is 0 Å². The monoisotopic (exact) mass is 222 g/mol. The molecule has 0 radical (unpaired) electrons. The molecule has 1 aromatic carbocycles. The SMILES string of the molecule is CCOC1CC(O)(c2cccc(OC)c2)C1. The summed E-state index contributed by atoms with van der Waals surface area (Å²) >= 11 is 0. The molecule has 3 nitrogen and oxygen atoms in total. The normalized spacial score (nSPS) is 28.6. The topological polar surface area (TPSA) is 38.7 Å². The highest BCUT2D eigenvalue weighted by molar-refractivity contribution is 5.34. The summed E-state index contributed by atoms with van der Waals surface area (Å²) in [7, 11) is 1.63. The van der Waals surface area contributed by atoms with Gasteiger partial charge in [-0.2, -0.15) is 0 Å². The first-order chi connectivity index (χ1) is 7.68. The lowest BCUT2D eigenvalue weighted by Gasteiger charge is -2.43. The first kappa shape index (κ1) is 11.4. The van der Waals surface area contributed by atoms with Gasteiger partial charge in [-0.3, -0.25) is 0 Å². The minimum absolute atomic E-state index is 0.196. The Kier molecular flexibility index (Phi) is 3.17. The smallest absolute Gasteiger partial charge is 0.119 e. The molecule has 1 fully saturated rings. The van der Waals surface area contributed by atoms with Crippen molar-refractivity contribution in [3.63, 3.8) is 0 Å². The molecule has 0 unspecified atom stereocenters. The molecule has 0 atom stereocenters. The third-order valence-electron chi connectivity index (χ3n) is 3.14. The van der Waals surface area contributed by atoms with Gasteiger partial charge >= 0.3 is 0 Å². The molecular weight excluding hydrogens is 204 g/mol. The fraction of sp³-hybridized carbons (Fsp3) is 0.538. The predicted octanol–water partition coefficient (Wildman–Crippen LogP) is 2.08. The zero-order valence-corrected chi connectivity index (χ0v) is 9.77. The Morgan fingerprint density at radius 1 is 1.44 bits per heavy atom. The summed E-state index contributed by atoms with van der Waals surface area (Å²) in [6, 6.07) is 7.61. The zero-order chi connectivity index (χ0) is 11.6. The number of benzene rings is 1. The lowest BCUT2D eigenvalue weighted by atomic mass is 9.73. The number of ether oxygens (including phenoxy) is 2. The largest absolute Gasteiger partial charge is 0.497 e. The van der Waals surface area contributed by atoms with E-state index in [9.17, 15) is 5.11 Å². The molecule has 3 heteroatoms. The second-order valence-corrected chi connectivity index (χ2v) is 4.25. The molecule has 0 aliphatic heterocycles. The second-order valence-electron chi connectivity index (χ2n) is 4.25. The minimum Gasteiger partial charge on any atom is -0.497 e. The first-order valence-electron chi connectivity index (χ1n) is 5.66. The van der Waals surface area contributed by atoms with Gasteiger partial charge in [0, 0.05) is 19.4 Å². The van der Waals surface area contributed by atoms with Crippen LogP contribution in [0.2, 0.25) is 0 Å². The third-order valence-corrected chi connectivity index (χ3v) is 3.14. The second kappa shape index (κ2) is 4.44. The Bertz CT molecular complexity index is 356. The molecule has 1 saturated carbocycles. The van der Waals surface area contributed by atoms with Crippen LogP contribution in [-0.4, -0.2) is 24.9 Å². The van der Waals surface area contributed by atoms with Crippen molar-refractivity contribution < 1.29 is 14.6 Å². The maximum Gasteiger partial charge on any atom is 0.119 e. The summed E-state index contributed by atoms with van der Waals surface area (Å²) in [4.78, 5) is 0. The van der Waals surface area contributed by atoms with Crippen molar-refractivity contribution >= 4 is 0 Å². The van der Waals surface area contributed by atoms with Gasteiger partial charge in [-0.1, -0.05) is 12.1 Å². The molecule has 0 heterocycles. The van der Waals surface area contributed by atoms with Crippen LogP contribution in [0.4, 0.5) is 0 Å². The van der Waals surface area contributed by atoms with Gasteiger partial charge in [-0.15, -0.1) is 0 Å². The molecule has 16 heavy (non-hydrogen) atoms. The maximum atomic E-state index is 10.4. The first-order valence-corrected chi connectivity index (χ1v) is 5.66. The van der Waals surface area contributed by atoms with Gasteiger partial charge in [0.25, 0.3) is 0 Å². The summed E-state index contributed by atoms with van der Waals surface area (Å²) in [5, 5.41) is 10.4. The standard InChI is InChI=1S/C13H18O3/c1-3-16-12-8-13(14,9-12)10-5-4-6-11(7-10)15-2/h4-7,12,14H,3,8-9H2,1-2H3. The van der Waals surface area contributed by atoms with Crippen LogP contribution in [0.1, 0.15) is 25.3 Å².